The Morgan fingerprint density at radius 1 is 1.46 bits per heavy atom. The Morgan fingerprint density at radius 2 is 2.15 bits per heavy atom. The van der Waals surface area contributed by atoms with E-state index in [1.54, 1.807) is 11.3 Å². The largest absolute Gasteiger partial charge is 0.384 e. The molecule has 2 heterocycles. The molecule has 0 aliphatic carbocycles. The topological polar surface area (TPSA) is 33.1 Å². The number of hydrogen-bond acceptors (Lipinski definition) is 4. The summed E-state index contributed by atoms with van der Waals surface area (Å²) in [5.41, 5.74) is 2.25. The van der Waals surface area contributed by atoms with Crippen molar-refractivity contribution in [3.05, 3.63) is 16.1 Å². The third kappa shape index (κ3) is 1.75. The molecular formula is C9H13NOS2. The Hall–Kier alpha value is -0.0600. The van der Waals surface area contributed by atoms with Gasteiger partial charge in [0.05, 0.1) is 16.1 Å². The molecule has 0 aromatic carbocycles. The molecule has 0 amide bonds. The van der Waals surface area contributed by atoms with Gasteiger partial charge < -0.3 is 5.11 Å². The number of nitrogens with zero attached hydrogens (tertiary/aromatic N) is 1. The molecule has 1 saturated heterocycles. The van der Waals surface area contributed by atoms with Crippen LogP contribution in [-0.2, 0) is 5.60 Å². The molecule has 2 rings (SSSR count). The summed E-state index contributed by atoms with van der Waals surface area (Å²) in [6, 6.07) is 0. The van der Waals surface area contributed by atoms with Gasteiger partial charge in [-0.25, -0.2) is 4.98 Å². The zero-order valence-electron chi connectivity index (χ0n) is 7.62. The molecule has 0 bridgehead atoms. The van der Waals surface area contributed by atoms with E-state index in [9.17, 15) is 5.11 Å². The predicted molar refractivity (Wildman–Crippen MR) is 57.3 cm³/mol. The first-order chi connectivity index (χ1) is 6.22. The van der Waals surface area contributed by atoms with Crippen molar-refractivity contribution >= 4 is 23.1 Å². The maximum absolute atomic E-state index is 10.4. The lowest BCUT2D eigenvalue weighted by Crippen LogP contribution is -2.30. The average Bonchev–Trinajstić information content (AvgIpc) is 2.53. The second kappa shape index (κ2) is 3.59. The molecule has 0 unspecified atom stereocenters. The van der Waals surface area contributed by atoms with Crippen molar-refractivity contribution in [2.75, 3.05) is 11.5 Å². The third-order valence-electron chi connectivity index (χ3n) is 2.49. The minimum atomic E-state index is -0.573. The van der Waals surface area contributed by atoms with Crippen molar-refractivity contribution in [1.29, 1.82) is 0 Å². The van der Waals surface area contributed by atoms with E-state index in [1.165, 1.54) is 0 Å². The number of aliphatic hydroxyl groups is 1. The fraction of sp³-hybridized carbons (Fsp3) is 0.667. The van der Waals surface area contributed by atoms with Crippen LogP contribution in [0.5, 0.6) is 0 Å². The zero-order valence-corrected chi connectivity index (χ0v) is 9.25. The van der Waals surface area contributed by atoms with Crippen molar-refractivity contribution in [2.45, 2.75) is 25.4 Å². The maximum atomic E-state index is 10.4. The van der Waals surface area contributed by atoms with Gasteiger partial charge in [0.2, 0.25) is 0 Å². The normalized spacial score (nSPS) is 21.7. The van der Waals surface area contributed by atoms with Gasteiger partial charge in [-0.2, -0.15) is 11.8 Å². The van der Waals surface area contributed by atoms with Crippen molar-refractivity contribution in [3.8, 4) is 0 Å². The van der Waals surface area contributed by atoms with E-state index < -0.39 is 5.60 Å². The number of thiazole rings is 1. The molecular weight excluding hydrogens is 202 g/mol. The average molecular weight is 215 g/mol. The van der Waals surface area contributed by atoms with Crippen molar-refractivity contribution in [3.63, 3.8) is 0 Å². The monoisotopic (exact) mass is 215 g/mol. The summed E-state index contributed by atoms with van der Waals surface area (Å²) in [6.45, 7) is 1.98. The first-order valence-electron chi connectivity index (χ1n) is 4.43. The Bertz CT molecular complexity index is 292. The Labute approximate surface area is 86.4 Å². The number of aryl methyl sites for hydroxylation is 1. The lowest BCUT2D eigenvalue weighted by Gasteiger charge is -2.31. The molecule has 1 aliphatic rings. The minimum Gasteiger partial charge on any atom is -0.384 e. The molecule has 1 aliphatic heterocycles. The molecule has 0 saturated carbocycles. The van der Waals surface area contributed by atoms with E-state index in [0.29, 0.717) is 0 Å². The van der Waals surface area contributed by atoms with Gasteiger partial charge in [0.1, 0.15) is 5.60 Å². The van der Waals surface area contributed by atoms with Gasteiger partial charge in [-0.05, 0) is 31.3 Å². The van der Waals surface area contributed by atoms with Crippen LogP contribution in [0.4, 0.5) is 0 Å². The minimum absolute atomic E-state index is 0.573. The van der Waals surface area contributed by atoms with Gasteiger partial charge in [-0.1, -0.05) is 0 Å². The fourth-order valence-corrected chi connectivity index (χ4v) is 3.82. The summed E-state index contributed by atoms with van der Waals surface area (Å²) in [7, 11) is 0. The van der Waals surface area contributed by atoms with Gasteiger partial charge in [0.15, 0.2) is 0 Å². The second-order valence-corrected chi connectivity index (χ2v) is 5.49. The molecule has 0 spiro atoms. The van der Waals surface area contributed by atoms with E-state index in [-0.39, 0.29) is 0 Å². The number of hydrogen-bond donors (Lipinski definition) is 1. The van der Waals surface area contributed by atoms with Crippen LogP contribution in [0.25, 0.3) is 0 Å². The van der Waals surface area contributed by atoms with Crippen molar-refractivity contribution in [2.24, 2.45) is 0 Å². The van der Waals surface area contributed by atoms with E-state index in [0.717, 1.165) is 34.9 Å². The highest BCUT2D eigenvalue weighted by molar-refractivity contribution is 7.99. The van der Waals surface area contributed by atoms with Crippen LogP contribution in [0.1, 0.15) is 23.4 Å². The quantitative estimate of drug-likeness (QED) is 0.779. The summed E-state index contributed by atoms with van der Waals surface area (Å²) in [5, 5.41) is 10.4. The van der Waals surface area contributed by atoms with Crippen LogP contribution < -0.4 is 0 Å². The number of rotatable bonds is 1. The number of thioether (sulfide) groups is 1. The standard InChI is InChI=1S/C9H13NOS2/c1-7-8(13-6-10-7)9(11)2-4-12-5-3-9/h6,11H,2-5H2,1H3. The van der Waals surface area contributed by atoms with Gasteiger partial charge in [0, 0.05) is 0 Å². The molecule has 72 valence electrons. The van der Waals surface area contributed by atoms with Gasteiger partial charge in [-0.3, -0.25) is 0 Å². The zero-order chi connectivity index (χ0) is 9.31. The highest BCUT2D eigenvalue weighted by Gasteiger charge is 2.34. The molecule has 1 N–H and O–H groups in total. The first kappa shape index (κ1) is 9.49. The summed E-state index contributed by atoms with van der Waals surface area (Å²) in [5.74, 6) is 2.13. The smallest absolute Gasteiger partial charge is 0.102 e. The van der Waals surface area contributed by atoms with Crippen LogP contribution in [0, 0.1) is 6.92 Å². The molecule has 13 heavy (non-hydrogen) atoms. The summed E-state index contributed by atoms with van der Waals surface area (Å²) < 4.78 is 0. The summed E-state index contributed by atoms with van der Waals surface area (Å²) in [6.07, 6.45) is 1.75. The van der Waals surface area contributed by atoms with E-state index in [1.807, 2.05) is 24.2 Å². The molecule has 1 fully saturated rings. The summed E-state index contributed by atoms with van der Waals surface area (Å²) in [4.78, 5) is 5.27. The van der Waals surface area contributed by atoms with E-state index >= 15 is 0 Å². The molecule has 2 nitrogen and oxygen atoms in total. The first-order valence-corrected chi connectivity index (χ1v) is 6.46. The van der Waals surface area contributed by atoms with Gasteiger partial charge in [0.25, 0.3) is 0 Å². The molecule has 1 aromatic heterocycles. The Morgan fingerprint density at radius 3 is 2.69 bits per heavy atom. The maximum Gasteiger partial charge on any atom is 0.102 e. The predicted octanol–water partition coefficient (Wildman–Crippen LogP) is 2.17. The van der Waals surface area contributed by atoms with Gasteiger partial charge in [-0.15, -0.1) is 11.3 Å². The van der Waals surface area contributed by atoms with Crippen molar-refractivity contribution < 1.29 is 5.11 Å². The second-order valence-electron chi connectivity index (χ2n) is 3.41. The lowest BCUT2D eigenvalue weighted by molar-refractivity contribution is 0.0310. The van der Waals surface area contributed by atoms with Crippen LogP contribution in [0.3, 0.4) is 0 Å². The van der Waals surface area contributed by atoms with Gasteiger partial charge >= 0.3 is 0 Å². The third-order valence-corrected chi connectivity index (χ3v) is 4.60. The lowest BCUT2D eigenvalue weighted by atomic mass is 9.94. The van der Waals surface area contributed by atoms with Crippen LogP contribution >= 0.6 is 23.1 Å². The van der Waals surface area contributed by atoms with E-state index in [4.69, 9.17) is 0 Å². The highest BCUT2D eigenvalue weighted by atomic mass is 32.2. The van der Waals surface area contributed by atoms with Crippen LogP contribution in [-0.4, -0.2) is 21.6 Å². The Kier molecular flexibility index (Phi) is 2.62. The van der Waals surface area contributed by atoms with Crippen LogP contribution in [0.15, 0.2) is 5.51 Å². The molecule has 0 radical (unpaired) electrons. The summed E-state index contributed by atoms with van der Waals surface area (Å²) >= 11 is 3.51. The highest BCUT2D eigenvalue weighted by Crippen LogP contribution is 2.38. The SMILES string of the molecule is Cc1ncsc1C1(O)CCSCC1. The Balaban J connectivity index is 2.27. The van der Waals surface area contributed by atoms with E-state index in [2.05, 4.69) is 4.98 Å². The molecule has 0 atom stereocenters. The molecule has 4 heteroatoms. The molecule has 1 aromatic rings. The van der Waals surface area contributed by atoms with Crippen molar-refractivity contribution in [1.82, 2.24) is 4.98 Å². The number of aromatic nitrogens is 1. The fourth-order valence-electron chi connectivity index (χ4n) is 1.68. The van der Waals surface area contributed by atoms with Crippen LogP contribution in [0.2, 0.25) is 0 Å².